The molecular formula is C13H13IrNO2. The number of nitrogens with zero attached hydrogens (tertiary/aromatic N) is 1. The molecule has 2 N–H and O–H groups in total. The maximum atomic E-state index is 7.53. The summed E-state index contributed by atoms with van der Waals surface area (Å²) in [6.45, 7) is 1.19. The van der Waals surface area contributed by atoms with Crippen molar-refractivity contribution in [3.63, 3.8) is 0 Å². The Kier molecular flexibility index (Phi) is 7.85. The van der Waals surface area contributed by atoms with Gasteiger partial charge in [-0.1, -0.05) is 12.1 Å². The third-order valence-electron chi connectivity index (χ3n) is 1.65. The van der Waals surface area contributed by atoms with E-state index >= 15 is 0 Å². The number of carboxylic acids is 1. The molecule has 3 nitrogen and oxygen atoms in total. The molecule has 2 rings (SSSR count). The molecule has 0 aliphatic rings. The maximum absolute atomic E-state index is 7.53. The summed E-state index contributed by atoms with van der Waals surface area (Å²) < 4.78 is 0. The third kappa shape index (κ3) is 6.61. The van der Waals surface area contributed by atoms with Crippen LogP contribution in [-0.4, -0.2) is 20.9 Å². The summed E-state index contributed by atoms with van der Waals surface area (Å²) in [6, 6.07) is 16.8. The van der Waals surface area contributed by atoms with Crippen LogP contribution in [0.5, 0.6) is 0 Å². The molecule has 0 amide bonds. The van der Waals surface area contributed by atoms with E-state index in [2.05, 4.69) is 11.1 Å². The fourth-order valence-electron chi connectivity index (χ4n) is 1.07. The first-order valence-electron chi connectivity index (χ1n) is 4.80. The van der Waals surface area contributed by atoms with Crippen molar-refractivity contribution in [1.82, 2.24) is 4.98 Å². The molecule has 1 aromatic carbocycles. The molecule has 0 unspecified atom stereocenters. The first-order chi connectivity index (χ1) is 7.70. The Morgan fingerprint density at radius 3 is 2.35 bits per heavy atom. The second-order valence-corrected chi connectivity index (χ2v) is 3.04. The van der Waals surface area contributed by atoms with Crippen molar-refractivity contribution in [3.05, 3.63) is 54.7 Å². The van der Waals surface area contributed by atoms with E-state index in [-0.39, 0.29) is 20.1 Å². The summed E-state index contributed by atoms with van der Waals surface area (Å²) in [6.07, 6.45) is 1.79. The minimum absolute atomic E-state index is 0. The largest absolute Gasteiger partial charge is 0.477 e. The predicted octanol–water partition coefficient (Wildman–Crippen LogP) is 2.61. The topological polar surface area (TPSA) is 54.5 Å². The summed E-state index contributed by atoms with van der Waals surface area (Å²) in [7, 11) is 0. The van der Waals surface area contributed by atoms with E-state index in [9.17, 15) is 0 Å². The van der Waals surface area contributed by atoms with Crippen molar-refractivity contribution in [1.29, 1.82) is 0 Å². The van der Waals surface area contributed by atoms with Gasteiger partial charge in [0.15, 0.2) is 0 Å². The van der Waals surface area contributed by atoms with Crippen molar-refractivity contribution < 1.29 is 30.0 Å². The Bertz CT molecular complexity index is 390. The summed E-state index contributed by atoms with van der Waals surface area (Å²) >= 11 is 0. The number of hydrogen-bond donors (Lipinski definition) is 1. The zero-order chi connectivity index (χ0) is 11.8. The predicted molar refractivity (Wildman–Crippen MR) is 63.8 cm³/mol. The molecule has 0 bridgehead atoms. The van der Waals surface area contributed by atoms with Gasteiger partial charge in [0.2, 0.25) is 0 Å². The van der Waals surface area contributed by atoms with Crippen molar-refractivity contribution in [2.45, 2.75) is 6.92 Å². The average molecular weight is 407 g/mol. The molecule has 4 heteroatoms. The minimum atomic E-state index is -0.583. The molecule has 17 heavy (non-hydrogen) atoms. The van der Waals surface area contributed by atoms with Gasteiger partial charge >= 0.3 is 5.97 Å². The van der Waals surface area contributed by atoms with Gasteiger partial charge in [-0.05, 0) is 11.8 Å². The van der Waals surface area contributed by atoms with E-state index in [0.29, 0.717) is 0 Å². The minimum Gasteiger partial charge on any atom is -0.339 e. The van der Waals surface area contributed by atoms with Gasteiger partial charge in [0.1, 0.15) is 0 Å². The van der Waals surface area contributed by atoms with Gasteiger partial charge in [-0.15, -0.1) is 35.9 Å². The standard InChI is InChI=1S/C11H8N.C2H4O2.Ir/c1-2-6-10(7-3-1)11-8-4-5-9-12-11;1-2(3)4;/h1-6,8-9H;1H3,(H,3,4);/q-1;;/p+1. The van der Waals surface area contributed by atoms with Crippen LogP contribution in [0.2, 0.25) is 0 Å². The Hall–Kier alpha value is -1.51. The summed E-state index contributed by atoms with van der Waals surface area (Å²) in [5.41, 5.74) is 2.01. The Labute approximate surface area is 114 Å². The number of benzene rings is 1. The van der Waals surface area contributed by atoms with E-state index in [1.165, 1.54) is 6.92 Å². The van der Waals surface area contributed by atoms with Gasteiger partial charge in [-0.25, -0.2) is 0 Å². The van der Waals surface area contributed by atoms with Gasteiger partial charge in [-0.3, -0.25) is 0 Å². The molecule has 1 heterocycles. The Morgan fingerprint density at radius 1 is 1.24 bits per heavy atom. The van der Waals surface area contributed by atoms with Crippen LogP contribution < -0.4 is 0 Å². The number of aliphatic carboxylic acids is 1. The van der Waals surface area contributed by atoms with Crippen LogP contribution in [-0.2, 0) is 20.1 Å². The van der Waals surface area contributed by atoms with Crippen molar-refractivity contribution in [2.24, 2.45) is 0 Å². The molecule has 0 saturated heterocycles. The molecular weight excluding hydrogens is 394 g/mol. The number of hydrogen-bond acceptors (Lipinski definition) is 1. The molecule has 1 radical (unpaired) electrons. The molecule has 1 aromatic heterocycles. The molecule has 2 aromatic rings. The molecule has 0 saturated carbocycles. The van der Waals surface area contributed by atoms with E-state index in [1.54, 1.807) is 6.20 Å². The van der Waals surface area contributed by atoms with Gasteiger partial charge < -0.3 is 14.9 Å². The second kappa shape index (κ2) is 8.62. The van der Waals surface area contributed by atoms with Crippen LogP contribution in [0.4, 0.5) is 0 Å². The quantitative estimate of drug-likeness (QED) is 0.584. The zero-order valence-electron chi connectivity index (χ0n) is 9.29. The number of carboxylic acid groups (broad SMARTS) is 1. The Morgan fingerprint density at radius 2 is 1.88 bits per heavy atom. The van der Waals surface area contributed by atoms with E-state index in [0.717, 1.165) is 11.3 Å². The summed E-state index contributed by atoms with van der Waals surface area (Å²) in [5, 5.41) is 7.53. The van der Waals surface area contributed by atoms with Crippen LogP contribution >= 0.6 is 0 Å². The number of aromatic nitrogens is 1. The summed E-state index contributed by atoms with van der Waals surface area (Å²) in [5.74, 6) is -0.583. The first kappa shape index (κ1) is 15.5. The van der Waals surface area contributed by atoms with Gasteiger partial charge in [0.05, 0.1) is 6.92 Å². The van der Waals surface area contributed by atoms with E-state index in [4.69, 9.17) is 9.90 Å². The van der Waals surface area contributed by atoms with Crippen LogP contribution in [0.3, 0.4) is 0 Å². The third-order valence-corrected chi connectivity index (χ3v) is 1.65. The van der Waals surface area contributed by atoms with Crippen LogP contribution in [0, 0.1) is 6.07 Å². The van der Waals surface area contributed by atoms with Gasteiger partial charge in [0.25, 0.3) is 0 Å². The van der Waals surface area contributed by atoms with Crippen molar-refractivity contribution >= 4 is 5.97 Å². The molecule has 0 aliphatic heterocycles. The molecule has 91 valence electrons. The monoisotopic (exact) mass is 408 g/mol. The maximum Gasteiger partial charge on any atom is 0.477 e. The van der Waals surface area contributed by atoms with Gasteiger partial charge in [0, 0.05) is 26.3 Å². The van der Waals surface area contributed by atoms with Crippen molar-refractivity contribution in [3.8, 4) is 11.3 Å². The van der Waals surface area contributed by atoms with E-state index < -0.39 is 5.97 Å². The fraction of sp³-hybridized carbons (Fsp3) is 0.0769. The van der Waals surface area contributed by atoms with Crippen molar-refractivity contribution in [2.75, 3.05) is 0 Å². The SMILES string of the molecule is CC(O)=[OH+].[Ir].[c-]1ccccc1-c1ccccn1. The van der Waals surface area contributed by atoms with Crippen LogP contribution in [0.15, 0.2) is 48.7 Å². The second-order valence-electron chi connectivity index (χ2n) is 3.04. The number of pyridine rings is 1. The summed E-state index contributed by atoms with van der Waals surface area (Å²) in [4.78, 5) is 11.7. The van der Waals surface area contributed by atoms with Crippen LogP contribution in [0.25, 0.3) is 11.3 Å². The molecule has 0 aliphatic carbocycles. The molecule has 0 atom stereocenters. The zero-order valence-corrected chi connectivity index (χ0v) is 11.7. The van der Waals surface area contributed by atoms with E-state index in [1.807, 2.05) is 42.5 Å². The van der Waals surface area contributed by atoms with Gasteiger partial charge in [-0.2, -0.15) is 0 Å². The fourth-order valence-corrected chi connectivity index (χ4v) is 1.07. The number of rotatable bonds is 1. The number of aliphatic hydroxyl groups excluding tert-OH is 1. The average Bonchev–Trinajstić information content (AvgIpc) is 2.31. The van der Waals surface area contributed by atoms with Crippen LogP contribution in [0.1, 0.15) is 6.92 Å². The first-order valence-corrected chi connectivity index (χ1v) is 4.80. The Balaban J connectivity index is 0.000000453. The smallest absolute Gasteiger partial charge is 0.339 e. The normalized spacial score (nSPS) is 8.29. The molecule has 0 spiro atoms. The molecule has 0 fully saturated rings.